The van der Waals surface area contributed by atoms with Crippen LogP contribution in [-0.2, 0) is 10.5 Å². The summed E-state index contributed by atoms with van der Waals surface area (Å²) >= 11 is 7.71. The van der Waals surface area contributed by atoms with Gasteiger partial charge >= 0.3 is 0 Å². The molecule has 0 unspecified atom stereocenters. The molecule has 1 atom stereocenters. The van der Waals surface area contributed by atoms with Crippen molar-refractivity contribution in [2.75, 3.05) is 10.6 Å². The van der Waals surface area contributed by atoms with Gasteiger partial charge in [0.15, 0.2) is 0 Å². The van der Waals surface area contributed by atoms with Crippen LogP contribution in [-0.4, -0.2) is 30.6 Å². The minimum Gasteiger partial charge on any atom is -0.328 e. The Bertz CT molecular complexity index is 1510. The lowest BCUT2D eigenvalue weighted by molar-refractivity contribution is -0.384. The van der Waals surface area contributed by atoms with Gasteiger partial charge in [-0.25, -0.2) is 4.68 Å². The minimum absolute atomic E-state index is 0.0467. The number of amides is 1. The largest absolute Gasteiger partial charge is 0.328 e. The summed E-state index contributed by atoms with van der Waals surface area (Å²) in [5.74, 6) is 0.666. The van der Waals surface area contributed by atoms with E-state index in [1.54, 1.807) is 48.3 Å². The van der Waals surface area contributed by atoms with E-state index in [9.17, 15) is 14.9 Å². The molecule has 186 valence electrons. The predicted octanol–water partition coefficient (Wildman–Crippen LogP) is 5.45. The van der Waals surface area contributed by atoms with Crippen molar-refractivity contribution in [2.24, 2.45) is 0 Å². The number of pyridine rings is 1. The number of hydrogen-bond donors (Lipinski definition) is 2. The maximum atomic E-state index is 13.5. The first-order valence-electron chi connectivity index (χ1n) is 11.2. The van der Waals surface area contributed by atoms with E-state index in [0.717, 1.165) is 5.56 Å². The van der Waals surface area contributed by atoms with Gasteiger partial charge < -0.3 is 10.6 Å². The lowest BCUT2D eigenvalue weighted by atomic mass is 9.95. The molecule has 0 aliphatic carbocycles. The molecule has 1 aliphatic heterocycles. The molecule has 0 saturated carbocycles. The van der Waals surface area contributed by atoms with E-state index in [1.807, 2.05) is 24.3 Å². The summed E-state index contributed by atoms with van der Waals surface area (Å²) in [5, 5.41) is 23.1. The molecule has 12 heteroatoms. The Balaban J connectivity index is 1.51. The zero-order valence-corrected chi connectivity index (χ0v) is 21.0. The molecule has 2 aromatic carbocycles. The average molecular weight is 534 g/mol. The minimum atomic E-state index is -0.670. The summed E-state index contributed by atoms with van der Waals surface area (Å²) in [6.07, 6.45) is 3.17. The van der Waals surface area contributed by atoms with Gasteiger partial charge in [0.25, 0.3) is 11.6 Å². The second-order valence-electron chi connectivity index (χ2n) is 8.15. The van der Waals surface area contributed by atoms with Crippen LogP contribution in [0.2, 0.25) is 5.02 Å². The second-order valence-corrected chi connectivity index (χ2v) is 9.50. The van der Waals surface area contributed by atoms with Crippen LogP contribution in [0.25, 0.3) is 0 Å². The molecule has 0 saturated heterocycles. The summed E-state index contributed by atoms with van der Waals surface area (Å²) < 4.78 is 1.63. The molecular formula is C25H20ClN7O3S. The Kier molecular flexibility index (Phi) is 6.89. The van der Waals surface area contributed by atoms with Gasteiger partial charge in [0.05, 0.1) is 22.4 Å². The molecule has 0 radical (unpaired) electrons. The third-order valence-electron chi connectivity index (χ3n) is 5.73. The normalized spacial score (nSPS) is 14.6. The van der Waals surface area contributed by atoms with Crippen LogP contribution < -0.4 is 10.6 Å². The molecule has 1 amide bonds. The third kappa shape index (κ3) is 5.18. The SMILES string of the molecule is CC1=C(C(=O)Nc2cccnc2)[C@@H](c2ccc([N+](=O)[O-])cc2)n2nc(SCc3ccccc3Cl)nc2N1. The molecular weight excluding hydrogens is 514 g/mol. The number of nitrogens with zero attached hydrogens (tertiary/aromatic N) is 5. The summed E-state index contributed by atoms with van der Waals surface area (Å²) in [6.45, 7) is 1.78. The number of nitrogens with one attached hydrogen (secondary N) is 2. The number of hydrogen-bond acceptors (Lipinski definition) is 8. The smallest absolute Gasteiger partial charge is 0.269 e. The van der Waals surface area contributed by atoms with E-state index in [2.05, 4.69) is 25.7 Å². The number of halogens is 1. The first-order valence-corrected chi connectivity index (χ1v) is 12.5. The monoisotopic (exact) mass is 533 g/mol. The van der Waals surface area contributed by atoms with Gasteiger partial charge in [0, 0.05) is 34.8 Å². The number of rotatable bonds is 7. The highest BCUT2D eigenvalue weighted by atomic mass is 35.5. The standard InChI is InChI=1S/C25H20ClN7O3S/c1-15-21(23(34)29-18-6-4-12-27-13-18)22(16-8-10-19(11-9-16)33(35)36)32-24(28-15)30-25(31-32)37-14-17-5-2-3-7-20(17)26/h2-13,22H,14H2,1H3,(H,29,34)(H,28,30,31)/t22-/m1/s1. The molecule has 1 aliphatic rings. The Hall–Kier alpha value is -4.22. The molecule has 37 heavy (non-hydrogen) atoms. The van der Waals surface area contributed by atoms with Crippen molar-refractivity contribution in [3.8, 4) is 0 Å². The highest BCUT2D eigenvalue weighted by Gasteiger charge is 2.34. The van der Waals surface area contributed by atoms with Gasteiger partial charge in [-0.15, -0.1) is 5.10 Å². The molecule has 0 bridgehead atoms. The molecule has 2 N–H and O–H groups in total. The molecule has 4 aromatic rings. The number of benzene rings is 2. The van der Waals surface area contributed by atoms with Crippen LogP contribution in [0.4, 0.5) is 17.3 Å². The molecule has 0 spiro atoms. The Morgan fingerprint density at radius 2 is 1.97 bits per heavy atom. The maximum Gasteiger partial charge on any atom is 0.269 e. The van der Waals surface area contributed by atoms with Crippen LogP contribution in [0.3, 0.4) is 0 Å². The van der Waals surface area contributed by atoms with Crippen LogP contribution in [0, 0.1) is 10.1 Å². The molecule has 2 aromatic heterocycles. The van der Waals surface area contributed by atoms with E-state index in [1.165, 1.54) is 23.9 Å². The number of allylic oxidation sites excluding steroid dienone is 1. The van der Waals surface area contributed by atoms with Crippen molar-refractivity contribution in [3.63, 3.8) is 0 Å². The number of anilines is 2. The molecule has 0 fully saturated rings. The van der Waals surface area contributed by atoms with Gasteiger partial charge in [-0.05, 0) is 48.4 Å². The topological polar surface area (TPSA) is 128 Å². The Morgan fingerprint density at radius 3 is 2.68 bits per heavy atom. The third-order valence-corrected chi connectivity index (χ3v) is 6.99. The number of non-ortho nitro benzene ring substituents is 1. The number of fused-ring (bicyclic) bond motifs is 1. The Morgan fingerprint density at radius 1 is 1.19 bits per heavy atom. The molecule has 3 heterocycles. The zero-order valence-electron chi connectivity index (χ0n) is 19.5. The first kappa shape index (κ1) is 24.5. The van der Waals surface area contributed by atoms with Crippen molar-refractivity contribution in [3.05, 3.63) is 111 Å². The van der Waals surface area contributed by atoms with Crippen LogP contribution in [0.5, 0.6) is 0 Å². The van der Waals surface area contributed by atoms with Crippen molar-refractivity contribution >= 4 is 46.6 Å². The predicted molar refractivity (Wildman–Crippen MR) is 141 cm³/mol. The van der Waals surface area contributed by atoms with E-state index in [-0.39, 0.29) is 11.6 Å². The van der Waals surface area contributed by atoms with Crippen molar-refractivity contribution in [1.29, 1.82) is 0 Å². The first-order chi connectivity index (χ1) is 17.9. The van der Waals surface area contributed by atoms with Gasteiger partial charge in [-0.1, -0.05) is 41.6 Å². The van der Waals surface area contributed by atoms with Crippen LogP contribution in [0.15, 0.2) is 89.5 Å². The number of aromatic nitrogens is 4. The fourth-order valence-corrected chi connectivity index (χ4v) is 5.08. The van der Waals surface area contributed by atoms with Gasteiger partial charge in [-0.3, -0.25) is 19.9 Å². The van der Waals surface area contributed by atoms with E-state index < -0.39 is 11.0 Å². The molecule has 10 nitrogen and oxygen atoms in total. The average Bonchev–Trinajstić information content (AvgIpc) is 3.30. The van der Waals surface area contributed by atoms with Gasteiger partial charge in [0.2, 0.25) is 11.1 Å². The van der Waals surface area contributed by atoms with Gasteiger partial charge in [0.1, 0.15) is 6.04 Å². The van der Waals surface area contributed by atoms with Crippen molar-refractivity contribution < 1.29 is 9.72 Å². The second kappa shape index (κ2) is 10.4. The summed E-state index contributed by atoms with van der Waals surface area (Å²) in [7, 11) is 0. The quantitative estimate of drug-likeness (QED) is 0.182. The fraction of sp³-hybridized carbons (Fsp3) is 0.120. The summed E-state index contributed by atoms with van der Waals surface area (Å²) in [4.78, 5) is 32.9. The van der Waals surface area contributed by atoms with E-state index in [0.29, 0.717) is 44.4 Å². The number of carbonyl (C=O) groups excluding carboxylic acids is 1. The van der Waals surface area contributed by atoms with E-state index in [4.69, 9.17) is 11.6 Å². The fourth-order valence-electron chi connectivity index (χ4n) is 3.97. The lowest BCUT2D eigenvalue weighted by Gasteiger charge is -2.28. The van der Waals surface area contributed by atoms with Crippen LogP contribution in [0.1, 0.15) is 24.1 Å². The number of carbonyl (C=O) groups is 1. The number of thioether (sulfide) groups is 1. The highest BCUT2D eigenvalue weighted by Crippen LogP contribution is 2.37. The summed E-state index contributed by atoms with van der Waals surface area (Å²) in [5.41, 5.74) is 3.08. The summed E-state index contributed by atoms with van der Waals surface area (Å²) in [6, 6.07) is 16.4. The maximum absolute atomic E-state index is 13.5. The Labute approximate surface area is 220 Å². The number of nitro groups is 1. The van der Waals surface area contributed by atoms with Crippen molar-refractivity contribution in [1.82, 2.24) is 19.7 Å². The van der Waals surface area contributed by atoms with Crippen molar-refractivity contribution in [2.45, 2.75) is 23.9 Å². The highest BCUT2D eigenvalue weighted by molar-refractivity contribution is 7.98. The van der Waals surface area contributed by atoms with Gasteiger partial charge in [-0.2, -0.15) is 4.98 Å². The zero-order chi connectivity index (χ0) is 25.9. The number of nitro benzene ring substituents is 1. The van der Waals surface area contributed by atoms with E-state index >= 15 is 0 Å². The van der Waals surface area contributed by atoms with Crippen LogP contribution >= 0.6 is 23.4 Å². The molecule has 5 rings (SSSR count). The lowest BCUT2D eigenvalue weighted by Crippen LogP contribution is -2.31.